The number of hydrogen-bond acceptors (Lipinski definition) is 5. The first kappa shape index (κ1) is 22.3. The molecule has 0 saturated carbocycles. The number of guanidine groups is 1. The molecule has 10 heteroatoms. The van der Waals surface area contributed by atoms with Crippen LogP contribution in [0.25, 0.3) is 0 Å². The molecule has 0 atom stereocenters. The first-order valence-corrected chi connectivity index (χ1v) is 10.7. The van der Waals surface area contributed by atoms with Gasteiger partial charge in [0, 0.05) is 24.4 Å². The normalized spacial score (nSPS) is 12.0. The zero-order valence-corrected chi connectivity index (χ0v) is 17.2. The first-order chi connectivity index (χ1) is 13.8. The predicted molar refractivity (Wildman–Crippen MR) is 114 cm³/mol. The summed E-state index contributed by atoms with van der Waals surface area (Å²) in [6, 6.07) is 10.9. The Morgan fingerprint density at radius 3 is 2.34 bits per heavy atom. The minimum atomic E-state index is -3.88. The van der Waals surface area contributed by atoms with Gasteiger partial charge >= 0.3 is 0 Å². The van der Waals surface area contributed by atoms with Gasteiger partial charge in [-0.25, -0.2) is 13.1 Å². The van der Waals surface area contributed by atoms with Crippen LogP contribution in [0.2, 0.25) is 0 Å². The molecule has 0 aliphatic rings. The Morgan fingerprint density at radius 1 is 1.14 bits per heavy atom. The molecule has 0 bridgehead atoms. The number of nitrogens with zero attached hydrogens (tertiary/aromatic N) is 2. The van der Waals surface area contributed by atoms with Crippen LogP contribution in [0.3, 0.4) is 0 Å². The maximum absolute atomic E-state index is 12.3. The van der Waals surface area contributed by atoms with Gasteiger partial charge in [0.1, 0.15) is 0 Å². The highest BCUT2D eigenvalue weighted by atomic mass is 32.2. The SMILES string of the molecule is CCc1cccc(CC)c1NC(N)=NCCNS(=O)(=O)c1cccc([N+](=O)[O-])c1. The fourth-order valence-corrected chi connectivity index (χ4v) is 3.83. The summed E-state index contributed by atoms with van der Waals surface area (Å²) in [7, 11) is -3.88. The molecular weight excluding hydrogens is 394 g/mol. The average molecular weight is 420 g/mol. The molecule has 0 amide bonds. The Bertz CT molecular complexity index is 983. The Hall–Kier alpha value is -2.98. The topological polar surface area (TPSA) is 140 Å². The number of aliphatic imine (C=N–C) groups is 1. The number of sulfonamides is 1. The number of para-hydroxylation sites is 1. The number of aryl methyl sites for hydroxylation is 2. The Labute approximate surface area is 170 Å². The van der Waals surface area contributed by atoms with Crippen LogP contribution in [-0.4, -0.2) is 32.4 Å². The van der Waals surface area contributed by atoms with Gasteiger partial charge < -0.3 is 11.1 Å². The third-order valence-corrected chi connectivity index (χ3v) is 5.74. The number of benzene rings is 2. The zero-order valence-electron chi connectivity index (χ0n) is 16.4. The van der Waals surface area contributed by atoms with Gasteiger partial charge in [0.05, 0.1) is 16.4 Å². The van der Waals surface area contributed by atoms with E-state index >= 15 is 0 Å². The molecule has 156 valence electrons. The molecule has 2 aromatic rings. The van der Waals surface area contributed by atoms with E-state index in [-0.39, 0.29) is 29.6 Å². The van der Waals surface area contributed by atoms with Crippen LogP contribution in [0, 0.1) is 10.1 Å². The smallest absolute Gasteiger partial charge is 0.270 e. The summed E-state index contributed by atoms with van der Waals surface area (Å²) in [4.78, 5) is 14.2. The highest BCUT2D eigenvalue weighted by molar-refractivity contribution is 7.89. The standard InChI is InChI=1S/C19H25N5O4S/c1-3-14-7-5-8-15(4-2)18(14)23-19(20)21-11-12-22-29(27,28)17-10-6-9-16(13-17)24(25)26/h5-10,13,22H,3-4,11-12H2,1-2H3,(H3,20,21,23). The first-order valence-electron chi connectivity index (χ1n) is 9.20. The number of non-ortho nitro benzene ring substituents is 1. The number of anilines is 1. The zero-order chi connectivity index (χ0) is 21.4. The fourth-order valence-electron chi connectivity index (χ4n) is 2.77. The van der Waals surface area contributed by atoms with Crippen LogP contribution in [0.4, 0.5) is 11.4 Å². The number of rotatable bonds is 9. The molecule has 0 unspecified atom stereocenters. The third-order valence-electron chi connectivity index (χ3n) is 4.28. The van der Waals surface area contributed by atoms with Gasteiger partial charge in [-0.05, 0) is 30.0 Å². The molecule has 0 aromatic heterocycles. The maximum Gasteiger partial charge on any atom is 0.270 e. The number of nitrogens with two attached hydrogens (primary N) is 1. The molecule has 0 fully saturated rings. The third kappa shape index (κ3) is 6.00. The Kier molecular flexibility index (Phi) is 7.68. The molecule has 2 rings (SSSR count). The number of nitrogens with one attached hydrogen (secondary N) is 2. The summed E-state index contributed by atoms with van der Waals surface area (Å²) in [6.07, 6.45) is 1.68. The minimum absolute atomic E-state index is 0.00344. The molecule has 0 heterocycles. The lowest BCUT2D eigenvalue weighted by Gasteiger charge is -2.14. The Balaban J connectivity index is 2.00. The Morgan fingerprint density at radius 2 is 1.76 bits per heavy atom. The second-order valence-electron chi connectivity index (χ2n) is 6.20. The van der Waals surface area contributed by atoms with E-state index in [0.29, 0.717) is 0 Å². The van der Waals surface area contributed by atoms with Crippen molar-refractivity contribution in [3.8, 4) is 0 Å². The van der Waals surface area contributed by atoms with Crippen LogP contribution in [0.5, 0.6) is 0 Å². The lowest BCUT2D eigenvalue weighted by atomic mass is 10.0. The van der Waals surface area contributed by atoms with Crippen molar-refractivity contribution < 1.29 is 13.3 Å². The van der Waals surface area contributed by atoms with Gasteiger partial charge in [0.25, 0.3) is 5.69 Å². The van der Waals surface area contributed by atoms with Crippen molar-refractivity contribution in [2.45, 2.75) is 31.6 Å². The van der Waals surface area contributed by atoms with E-state index in [1.54, 1.807) is 0 Å². The van der Waals surface area contributed by atoms with Crippen molar-refractivity contribution in [3.63, 3.8) is 0 Å². The van der Waals surface area contributed by atoms with Gasteiger partial charge in [-0.3, -0.25) is 15.1 Å². The number of nitro benzene ring substituents is 1. The van der Waals surface area contributed by atoms with Crippen molar-refractivity contribution in [1.82, 2.24) is 4.72 Å². The molecule has 29 heavy (non-hydrogen) atoms. The summed E-state index contributed by atoms with van der Waals surface area (Å²) in [5.41, 5.74) is 8.83. The lowest BCUT2D eigenvalue weighted by Crippen LogP contribution is -2.29. The van der Waals surface area contributed by atoms with Crippen LogP contribution >= 0.6 is 0 Å². The van der Waals surface area contributed by atoms with Crippen molar-refractivity contribution in [2.75, 3.05) is 18.4 Å². The van der Waals surface area contributed by atoms with E-state index in [0.717, 1.165) is 35.7 Å². The van der Waals surface area contributed by atoms with Crippen molar-refractivity contribution >= 4 is 27.4 Å². The highest BCUT2D eigenvalue weighted by Crippen LogP contribution is 2.22. The number of nitro groups is 1. The van der Waals surface area contributed by atoms with Crippen LogP contribution in [0.1, 0.15) is 25.0 Å². The van der Waals surface area contributed by atoms with Crippen LogP contribution in [0.15, 0.2) is 52.4 Å². The van der Waals surface area contributed by atoms with E-state index in [1.165, 1.54) is 18.2 Å². The number of hydrogen-bond donors (Lipinski definition) is 3. The quantitative estimate of drug-likeness (QED) is 0.187. The van der Waals surface area contributed by atoms with Gasteiger partial charge in [-0.15, -0.1) is 0 Å². The monoisotopic (exact) mass is 419 g/mol. The fraction of sp³-hybridized carbons (Fsp3) is 0.316. The molecule has 9 nitrogen and oxygen atoms in total. The summed E-state index contributed by atoms with van der Waals surface area (Å²) < 4.78 is 26.9. The lowest BCUT2D eigenvalue weighted by molar-refractivity contribution is -0.385. The molecular formula is C19H25N5O4S. The summed E-state index contributed by atoms with van der Waals surface area (Å²) in [5, 5.41) is 13.9. The predicted octanol–water partition coefficient (Wildman–Crippen LogP) is 2.42. The molecule has 2 aromatic carbocycles. The molecule has 0 saturated heterocycles. The second-order valence-corrected chi connectivity index (χ2v) is 7.97. The van der Waals surface area contributed by atoms with Gasteiger partial charge in [-0.1, -0.05) is 38.1 Å². The van der Waals surface area contributed by atoms with Gasteiger partial charge in [-0.2, -0.15) is 0 Å². The molecule has 0 spiro atoms. The van der Waals surface area contributed by atoms with Crippen molar-refractivity contribution in [2.24, 2.45) is 10.7 Å². The molecule has 0 aliphatic carbocycles. The van der Waals surface area contributed by atoms with E-state index in [9.17, 15) is 18.5 Å². The largest absolute Gasteiger partial charge is 0.370 e. The maximum atomic E-state index is 12.3. The minimum Gasteiger partial charge on any atom is -0.370 e. The van der Waals surface area contributed by atoms with E-state index in [1.807, 2.05) is 18.2 Å². The van der Waals surface area contributed by atoms with Gasteiger partial charge in [0.2, 0.25) is 10.0 Å². The highest BCUT2D eigenvalue weighted by Gasteiger charge is 2.17. The van der Waals surface area contributed by atoms with E-state index in [2.05, 4.69) is 28.9 Å². The van der Waals surface area contributed by atoms with E-state index < -0.39 is 14.9 Å². The van der Waals surface area contributed by atoms with Gasteiger partial charge in [0.15, 0.2) is 5.96 Å². The van der Waals surface area contributed by atoms with Crippen LogP contribution in [-0.2, 0) is 22.9 Å². The summed E-state index contributed by atoms with van der Waals surface area (Å²) in [5.74, 6) is 0.190. The van der Waals surface area contributed by atoms with Crippen molar-refractivity contribution in [1.29, 1.82) is 0 Å². The van der Waals surface area contributed by atoms with E-state index in [4.69, 9.17) is 5.73 Å². The van der Waals surface area contributed by atoms with Crippen molar-refractivity contribution in [3.05, 3.63) is 63.7 Å². The van der Waals surface area contributed by atoms with Crippen LogP contribution < -0.4 is 15.8 Å². The average Bonchev–Trinajstić information content (AvgIpc) is 2.71. The summed E-state index contributed by atoms with van der Waals surface area (Å²) >= 11 is 0. The molecule has 4 N–H and O–H groups in total. The second kappa shape index (κ2) is 9.99. The summed E-state index contributed by atoms with van der Waals surface area (Å²) in [6.45, 7) is 4.22. The molecule has 0 radical (unpaired) electrons. The molecule has 0 aliphatic heterocycles.